The average molecular weight is 447 g/mol. The lowest BCUT2D eigenvalue weighted by Crippen LogP contribution is -2.48. The van der Waals surface area contributed by atoms with Gasteiger partial charge in [0.05, 0.1) is 14.2 Å². The van der Waals surface area contributed by atoms with Crippen LogP contribution in [0.15, 0.2) is 60.9 Å². The Morgan fingerprint density at radius 1 is 0.939 bits per heavy atom. The van der Waals surface area contributed by atoms with E-state index in [-0.39, 0.29) is 5.91 Å². The normalized spacial score (nSPS) is 13.8. The van der Waals surface area contributed by atoms with Gasteiger partial charge < -0.3 is 24.6 Å². The second-order valence-corrected chi connectivity index (χ2v) is 7.40. The van der Waals surface area contributed by atoms with Crippen molar-refractivity contribution in [2.24, 2.45) is 0 Å². The highest BCUT2D eigenvalue weighted by Gasteiger charge is 2.21. The molecule has 3 heterocycles. The van der Waals surface area contributed by atoms with Gasteiger partial charge >= 0.3 is 0 Å². The maximum atomic E-state index is 12.6. The minimum Gasteiger partial charge on any atom is -0.493 e. The summed E-state index contributed by atoms with van der Waals surface area (Å²) in [6.07, 6.45) is 6.81. The van der Waals surface area contributed by atoms with Crippen LogP contribution in [-0.4, -0.2) is 66.4 Å². The molecule has 3 aromatic rings. The second-order valence-electron chi connectivity index (χ2n) is 7.40. The molecule has 1 N–H and O–H groups in total. The Morgan fingerprint density at radius 2 is 1.70 bits per heavy atom. The van der Waals surface area contributed by atoms with E-state index in [4.69, 9.17) is 9.47 Å². The molecule has 9 nitrogen and oxygen atoms in total. The monoisotopic (exact) mass is 446 g/mol. The summed E-state index contributed by atoms with van der Waals surface area (Å²) in [4.78, 5) is 20.6. The number of carbonyl (C=O) groups is 1. The lowest BCUT2D eigenvalue weighted by Gasteiger charge is -2.34. The first-order valence-electron chi connectivity index (χ1n) is 10.6. The molecule has 170 valence electrons. The Bertz CT molecular complexity index is 1100. The molecule has 0 unspecified atom stereocenters. The number of hydrogen-bond acceptors (Lipinski definition) is 8. The van der Waals surface area contributed by atoms with Crippen molar-refractivity contribution in [3.8, 4) is 11.5 Å². The van der Waals surface area contributed by atoms with Crippen molar-refractivity contribution in [2.75, 3.05) is 50.6 Å². The van der Waals surface area contributed by atoms with E-state index >= 15 is 0 Å². The molecule has 0 radical (unpaired) electrons. The van der Waals surface area contributed by atoms with E-state index in [1.165, 1.54) is 0 Å². The number of rotatable bonds is 7. The number of carbonyl (C=O) groups excluding carboxylic acids is 1. The van der Waals surface area contributed by atoms with Gasteiger partial charge in [-0.2, -0.15) is 0 Å². The highest BCUT2D eigenvalue weighted by Crippen LogP contribution is 2.28. The Kier molecular flexibility index (Phi) is 6.99. The van der Waals surface area contributed by atoms with Crippen LogP contribution < -0.4 is 19.7 Å². The van der Waals surface area contributed by atoms with Gasteiger partial charge in [-0.25, -0.2) is 0 Å². The van der Waals surface area contributed by atoms with Crippen molar-refractivity contribution < 1.29 is 14.3 Å². The van der Waals surface area contributed by atoms with E-state index in [0.29, 0.717) is 43.5 Å². The molecule has 33 heavy (non-hydrogen) atoms. The van der Waals surface area contributed by atoms with Gasteiger partial charge in [-0.3, -0.25) is 9.78 Å². The third kappa shape index (κ3) is 5.57. The summed E-state index contributed by atoms with van der Waals surface area (Å²) in [5.74, 6) is 2.72. The molecule has 1 aliphatic heterocycles. The molecule has 0 aliphatic carbocycles. The van der Waals surface area contributed by atoms with Crippen LogP contribution in [0.5, 0.6) is 11.5 Å². The maximum absolute atomic E-state index is 12.6. The number of aromatic nitrogens is 3. The number of ether oxygens (including phenoxy) is 2. The summed E-state index contributed by atoms with van der Waals surface area (Å²) in [5.41, 5.74) is 1.77. The molecule has 2 aromatic heterocycles. The number of nitrogens with zero attached hydrogens (tertiary/aromatic N) is 5. The number of benzene rings is 1. The zero-order valence-electron chi connectivity index (χ0n) is 18.6. The van der Waals surface area contributed by atoms with E-state index in [9.17, 15) is 4.79 Å². The minimum atomic E-state index is -0.0209. The Balaban J connectivity index is 1.30. The molecule has 0 spiro atoms. The van der Waals surface area contributed by atoms with Crippen LogP contribution in [0, 0.1) is 0 Å². The third-order valence-electron chi connectivity index (χ3n) is 5.34. The van der Waals surface area contributed by atoms with Crippen LogP contribution in [-0.2, 0) is 4.79 Å². The molecule has 1 saturated heterocycles. The maximum Gasteiger partial charge on any atom is 0.246 e. The second kappa shape index (κ2) is 10.4. The largest absolute Gasteiger partial charge is 0.493 e. The van der Waals surface area contributed by atoms with Gasteiger partial charge in [-0.05, 0) is 48.0 Å². The van der Waals surface area contributed by atoms with Gasteiger partial charge in [0.15, 0.2) is 23.1 Å². The summed E-state index contributed by atoms with van der Waals surface area (Å²) in [5, 5.41) is 11.8. The van der Waals surface area contributed by atoms with Gasteiger partial charge in [0, 0.05) is 50.3 Å². The summed E-state index contributed by atoms with van der Waals surface area (Å²) in [6.45, 7) is 2.63. The first-order valence-corrected chi connectivity index (χ1v) is 10.6. The van der Waals surface area contributed by atoms with Crippen molar-refractivity contribution >= 4 is 29.3 Å². The third-order valence-corrected chi connectivity index (χ3v) is 5.34. The van der Waals surface area contributed by atoms with Gasteiger partial charge in [0.25, 0.3) is 0 Å². The lowest BCUT2D eigenvalue weighted by atomic mass is 10.2. The SMILES string of the molecule is COc1ccc(/C=C/C(=O)N2CCN(c3ccc(Nc4ccncc4)nn3)CC2)cc1OC. The zero-order chi connectivity index (χ0) is 23.0. The van der Waals surface area contributed by atoms with Crippen molar-refractivity contribution in [1.29, 1.82) is 0 Å². The lowest BCUT2D eigenvalue weighted by molar-refractivity contribution is -0.126. The minimum absolute atomic E-state index is 0.0209. The number of hydrogen-bond donors (Lipinski definition) is 1. The van der Waals surface area contributed by atoms with Gasteiger partial charge in [-0.15, -0.1) is 10.2 Å². The smallest absolute Gasteiger partial charge is 0.246 e. The van der Waals surface area contributed by atoms with Crippen molar-refractivity contribution in [1.82, 2.24) is 20.1 Å². The van der Waals surface area contributed by atoms with Gasteiger partial charge in [0.1, 0.15) is 0 Å². The van der Waals surface area contributed by atoms with Crippen LogP contribution in [0.4, 0.5) is 17.3 Å². The van der Waals surface area contributed by atoms with Crippen LogP contribution in [0.2, 0.25) is 0 Å². The van der Waals surface area contributed by atoms with E-state index in [0.717, 1.165) is 17.1 Å². The molecule has 1 aliphatic rings. The predicted molar refractivity (Wildman–Crippen MR) is 127 cm³/mol. The van der Waals surface area contributed by atoms with Gasteiger partial charge in [-0.1, -0.05) is 6.07 Å². The number of nitrogens with one attached hydrogen (secondary N) is 1. The molecule has 0 atom stereocenters. The number of pyridine rings is 1. The quantitative estimate of drug-likeness (QED) is 0.554. The van der Waals surface area contributed by atoms with E-state index in [1.807, 2.05) is 47.4 Å². The topological polar surface area (TPSA) is 92.7 Å². The molecular formula is C24H26N6O3. The van der Waals surface area contributed by atoms with E-state index in [1.54, 1.807) is 38.8 Å². The first-order chi connectivity index (χ1) is 16.2. The highest BCUT2D eigenvalue weighted by atomic mass is 16.5. The van der Waals surface area contributed by atoms with Crippen molar-refractivity contribution in [3.63, 3.8) is 0 Å². The first kappa shape index (κ1) is 22.1. The number of anilines is 3. The predicted octanol–water partition coefficient (Wildman–Crippen LogP) is 2.99. The standard InChI is InChI=1S/C24H26N6O3/c1-32-20-5-3-18(17-21(20)33-2)4-8-24(31)30-15-13-29(14-16-30)23-7-6-22(27-28-23)26-19-9-11-25-12-10-19/h3-12,17H,13-16H2,1-2H3,(H,25,26,27)/b8-4+. The van der Waals surface area contributed by atoms with Crippen molar-refractivity contribution in [3.05, 3.63) is 66.5 Å². The molecule has 0 bridgehead atoms. The van der Waals surface area contributed by atoms with Crippen LogP contribution >= 0.6 is 0 Å². The molecule has 1 amide bonds. The number of amides is 1. The van der Waals surface area contributed by atoms with Crippen LogP contribution in [0.3, 0.4) is 0 Å². The van der Waals surface area contributed by atoms with Crippen molar-refractivity contribution in [2.45, 2.75) is 0 Å². The van der Waals surface area contributed by atoms with E-state index in [2.05, 4.69) is 25.4 Å². The van der Waals surface area contributed by atoms with Crippen LogP contribution in [0.25, 0.3) is 6.08 Å². The zero-order valence-corrected chi connectivity index (χ0v) is 18.6. The summed E-state index contributed by atoms with van der Waals surface area (Å²) in [6, 6.07) is 13.1. The fourth-order valence-corrected chi connectivity index (χ4v) is 3.53. The fourth-order valence-electron chi connectivity index (χ4n) is 3.53. The summed E-state index contributed by atoms with van der Waals surface area (Å²) >= 11 is 0. The Morgan fingerprint density at radius 3 is 2.36 bits per heavy atom. The van der Waals surface area contributed by atoms with E-state index < -0.39 is 0 Å². The molecule has 4 rings (SSSR count). The molecule has 9 heteroatoms. The fraction of sp³-hybridized carbons (Fsp3) is 0.250. The Labute approximate surface area is 192 Å². The summed E-state index contributed by atoms with van der Waals surface area (Å²) < 4.78 is 10.6. The van der Waals surface area contributed by atoms with Crippen LogP contribution in [0.1, 0.15) is 5.56 Å². The molecule has 1 aromatic carbocycles. The number of methoxy groups -OCH3 is 2. The highest BCUT2D eigenvalue weighted by molar-refractivity contribution is 5.92. The number of piperazine rings is 1. The Hall–Kier alpha value is -4.14. The molecular weight excluding hydrogens is 420 g/mol. The van der Waals surface area contributed by atoms with Gasteiger partial charge in [0.2, 0.25) is 5.91 Å². The average Bonchev–Trinajstić information content (AvgIpc) is 2.88. The molecule has 0 saturated carbocycles. The molecule has 1 fully saturated rings. The summed E-state index contributed by atoms with van der Waals surface area (Å²) in [7, 11) is 3.18.